The van der Waals surface area contributed by atoms with E-state index in [9.17, 15) is 4.39 Å². The second-order valence-corrected chi connectivity index (χ2v) is 5.32. The van der Waals surface area contributed by atoms with Crippen LogP contribution in [0.15, 0.2) is 41.4 Å². The molecular weight excluding hydrogens is 337 g/mol. The standard InChI is InChI=1S/C19H24FN3O3/c1-4-25-14-7-9-18(26-5-2)16(11-14)23-19(21)22-12-13-6-8-17(24-3)15(20)10-13/h6-11H,4-5,12H2,1-3H3,(H3,21,22,23). The van der Waals surface area contributed by atoms with E-state index in [0.717, 1.165) is 0 Å². The highest BCUT2D eigenvalue weighted by molar-refractivity contribution is 5.94. The van der Waals surface area contributed by atoms with Crippen LogP contribution in [0.4, 0.5) is 10.1 Å². The molecule has 0 saturated carbocycles. The number of ether oxygens (including phenoxy) is 3. The van der Waals surface area contributed by atoms with Crippen molar-refractivity contribution in [1.82, 2.24) is 0 Å². The summed E-state index contributed by atoms with van der Waals surface area (Å²) >= 11 is 0. The Hall–Kier alpha value is -2.96. The number of hydrogen-bond acceptors (Lipinski definition) is 4. The van der Waals surface area contributed by atoms with Crippen LogP contribution < -0.4 is 25.3 Å². The SMILES string of the molecule is CCOc1ccc(OCC)c(NC(N)=NCc2ccc(OC)c(F)c2)c1. The molecule has 0 spiro atoms. The number of rotatable bonds is 8. The van der Waals surface area contributed by atoms with Crippen molar-refractivity contribution in [2.24, 2.45) is 10.7 Å². The van der Waals surface area contributed by atoms with Gasteiger partial charge in [-0.3, -0.25) is 0 Å². The lowest BCUT2D eigenvalue weighted by molar-refractivity contribution is 0.332. The first-order valence-electron chi connectivity index (χ1n) is 8.36. The van der Waals surface area contributed by atoms with Crippen LogP contribution in [0.2, 0.25) is 0 Å². The molecule has 0 saturated heterocycles. The maximum Gasteiger partial charge on any atom is 0.193 e. The minimum atomic E-state index is -0.435. The largest absolute Gasteiger partial charge is 0.494 e. The Morgan fingerprint density at radius 2 is 1.81 bits per heavy atom. The molecule has 2 aromatic carbocycles. The summed E-state index contributed by atoms with van der Waals surface area (Å²) < 4.78 is 29.7. The third-order valence-corrected chi connectivity index (χ3v) is 3.47. The number of aliphatic imine (C=N–C) groups is 1. The lowest BCUT2D eigenvalue weighted by Crippen LogP contribution is -2.23. The summed E-state index contributed by atoms with van der Waals surface area (Å²) in [6.07, 6.45) is 0. The molecule has 6 nitrogen and oxygen atoms in total. The van der Waals surface area contributed by atoms with Crippen LogP contribution in [0.3, 0.4) is 0 Å². The summed E-state index contributed by atoms with van der Waals surface area (Å²) in [6, 6.07) is 10.1. The van der Waals surface area contributed by atoms with E-state index in [1.54, 1.807) is 18.2 Å². The summed E-state index contributed by atoms with van der Waals surface area (Å²) in [6.45, 7) is 5.11. The van der Waals surface area contributed by atoms with E-state index >= 15 is 0 Å². The van der Waals surface area contributed by atoms with Crippen molar-refractivity contribution in [2.75, 3.05) is 25.6 Å². The van der Waals surface area contributed by atoms with Crippen LogP contribution >= 0.6 is 0 Å². The number of hydrogen-bond donors (Lipinski definition) is 2. The average molecular weight is 361 g/mol. The number of guanidine groups is 1. The van der Waals surface area contributed by atoms with Gasteiger partial charge < -0.3 is 25.3 Å². The molecule has 26 heavy (non-hydrogen) atoms. The lowest BCUT2D eigenvalue weighted by Gasteiger charge is -2.14. The molecule has 2 rings (SSSR count). The fourth-order valence-electron chi connectivity index (χ4n) is 2.31. The predicted molar refractivity (Wildman–Crippen MR) is 101 cm³/mol. The van der Waals surface area contributed by atoms with Crippen molar-refractivity contribution in [3.63, 3.8) is 0 Å². The van der Waals surface area contributed by atoms with Crippen molar-refractivity contribution in [3.05, 3.63) is 47.8 Å². The normalized spacial score (nSPS) is 11.2. The maximum atomic E-state index is 13.7. The first kappa shape index (κ1) is 19.4. The van der Waals surface area contributed by atoms with E-state index in [-0.39, 0.29) is 18.3 Å². The topological polar surface area (TPSA) is 78.1 Å². The van der Waals surface area contributed by atoms with Crippen molar-refractivity contribution in [2.45, 2.75) is 20.4 Å². The predicted octanol–water partition coefficient (Wildman–Crippen LogP) is 3.56. The third-order valence-electron chi connectivity index (χ3n) is 3.47. The number of benzene rings is 2. The molecule has 0 atom stereocenters. The number of methoxy groups -OCH3 is 1. The number of nitrogens with zero attached hydrogens (tertiary/aromatic N) is 1. The molecular formula is C19H24FN3O3. The zero-order valence-corrected chi connectivity index (χ0v) is 15.2. The van der Waals surface area contributed by atoms with Gasteiger partial charge in [-0.15, -0.1) is 0 Å². The minimum Gasteiger partial charge on any atom is -0.494 e. The molecule has 0 bridgehead atoms. The average Bonchev–Trinajstić information content (AvgIpc) is 2.62. The Morgan fingerprint density at radius 3 is 2.46 bits per heavy atom. The van der Waals surface area contributed by atoms with Crippen LogP contribution in [-0.4, -0.2) is 26.3 Å². The Kier molecular flexibility index (Phi) is 7.08. The van der Waals surface area contributed by atoms with Crippen LogP contribution in [0.25, 0.3) is 0 Å². The zero-order valence-electron chi connectivity index (χ0n) is 15.2. The van der Waals surface area contributed by atoms with Gasteiger partial charge in [0.2, 0.25) is 0 Å². The van der Waals surface area contributed by atoms with Crippen molar-refractivity contribution in [3.8, 4) is 17.2 Å². The van der Waals surface area contributed by atoms with Crippen LogP contribution in [-0.2, 0) is 6.54 Å². The summed E-state index contributed by atoms with van der Waals surface area (Å²) in [5.74, 6) is 1.29. The van der Waals surface area contributed by atoms with Gasteiger partial charge in [0.1, 0.15) is 11.5 Å². The fraction of sp³-hybridized carbons (Fsp3) is 0.316. The van der Waals surface area contributed by atoms with Crippen molar-refractivity contribution in [1.29, 1.82) is 0 Å². The number of nitrogens with one attached hydrogen (secondary N) is 1. The molecule has 0 unspecified atom stereocenters. The minimum absolute atomic E-state index is 0.191. The molecule has 0 fully saturated rings. The Morgan fingerprint density at radius 1 is 1.08 bits per heavy atom. The van der Waals surface area contributed by atoms with Gasteiger partial charge in [0.05, 0.1) is 32.6 Å². The molecule has 0 aromatic heterocycles. The Bertz CT molecular complexity index is 766. The molecule has 3 N–H and O–H groups in total. The van der Waals surface area contributed by atoms with Gasteiger partial charge in [-0.05, 0) is 43.7 Å². The maximum absolute atomic E-state index is 13.7. The van der Waals surface area contributed by atoms with Gasteiger partial charge in [0, 0.05) is 6.07 Å². The second-order valence-electron chi connectivity index (χ2n) is 5.32. The monoisotopic (exact) mass is 361 g/mol. The van der Waals surface area contributed by atoms with Crippen molar-refractivity contribution < 1.29 is 18.6 Å². The molecule has 0 aliphatic heterocycles. The number of anilines is 1. The highest BCUT2D eigenvalue weighted by atomic mass is 19.1. The molecule has 0 aliphatic carbocycles. The van der Waals surface area contributed by atoms with Crippen LogP contribution in [0.1, 0.15) is 19.4 Å². The fourth-order valence-corrected chi connectivity index (χ4v) is 2.31. The molecule has 7 heteroatoms. The summed E-state index contributed by atoms with van der Waals surface area (Å²) in [5.41, 5.74) is 7.30. The van der Waals surface area contributed by atoms with E-state index in [2.05, 4.69) is 10.3 Å². The highest BCUT2D eigenvalue weighted by Gasteiger charge is 2.08. The molecule has 2 aromatic rings. The van der Waals surface area contributed by atoms with Crippen LogP contribution in [0, 0.1) is 5.82 Å². The van der Waals surface area contributed by atoms with E-state index in [1.807, 2.05) is 26.0 Å². The quantitative estimate of drug-likeness (QED) is 0.555. The summed E-state index contributed by atoms with van der Waals surface area (Å²) in [4.78, 5) is 4.24. The first-order valence-corrected chi connectivity index (χ1v) is 8.36. The lowest BCUT2D eigenvalue weighted by atomic mass is 10.2. The van der Waals surface area contributed by atoms with Gasteiger partial charge in [-0.1, -0.05) is 6.07 Å². The Balaban J connectivity index is 2.12. The smallest absolute Gasteiger partial charge is 0.193 e. The van der Waals surface area contributed by atoms with E-state index in [4.69, 9.17) is 19.9 Å². The van der Waals surface area contributed by atoms with Gasteiger partial charge in [0.25, 0.3) is 0 Å². The number of halogens is 1. The molecule has 0 aliphatic rings. The second kappa shape index (κ2) is 9.50. The van der Waals surface area contributed by atoms with Crippen molar-refractivity contribution >= 4 is 11.6 Å². The van der Waals surface area contributed by atoms with E-state index in [1.165, 1.54) is 13.2 Å². The molecule has 0 amide bonds. The van der Waals surface area contributed by atoms with Gasteiger partial charge in [0.15, 0.2) is 17.5 Å². The van der Waals surface area contributed by atoms with Gasteiger partial charge >= 0.3 is 0 Å². The number of nitrogens with two attached hydrogens (primary N) is 1. The van der Waals surface area contributed by atoms with E-state index in [0.29, 0.717) is 36.0 Å². The molecule has 140 valence electrons. The highest BCUT2D eigenvalue weighted by Crippen LogP contribution is 2.29. The van der Waals surface area contributed by atoms with Crippen LogP contribution in [0.5, 0.6) is 17.2 Å². The summed E-state index contributed by atoms with van der Waals surface area (Å²) in [5, 5.41) is 3.01. The van der Waals surface area contributed by atoms with E-state index < -0.39 is 5.82 Å². The zero-order chi connectivity index (χ0) is 18.9. The van der Waals surface area contributed by atoms with Gasteiger partial charge in [-0.25, -0.2) is 9.38 Å². The summed E-state index contributed by atoms with van der Waals surface area (Å²) in [7, 11) is 1.42. The van der Waals surface area contributed by atoms with Gasteiger partial charge in [-0.2, -0.15) is 0 Å². The molecule has 0 heterocycles. The Labute approximate surface area is 152 Å². The third kappa shape index (κ3) is 5.27. The first-order chi connectivity index (χ1) is 12.6. The molecule has 0 radical (unpaired) electrons.